The average molecular weight is 400 g/mol. The van der Waals surface area contributed by atoms with Gasteiger partial charge in [-0.1, -0.05) is 18.2 Å². The van der Waals surface area contributed by atoms with Gasteiger partial charge in [0.05, 0.1) is 24.5 Å². The Morgan fingerprint density at radius 3 is 3.00 bits per heavy atom. The largest absolute Gasteiger partial charge is 0.360 e. The first kappa shape index (κ1) is 18.2. The summed E-state index contributed by atoms with van der Waals surface area (Å²) in [5.74, 6) is 1.47. The molecular formula is C21H25N3O3S. The molecule has 1 aromatic heterocycles. The monoisotopic (exact) mass is 399 g/mol. The summed E-state index contributed by atoms with van der Waals surface area (Å²) in [6, 6.07) is 4.12. The highest BCUT2D eigenvalue weighted by Crippen LogP contribution is 2.52. The number of ether oxygens (including phenoxy) is 1. The van der Waals surface area contributed by atoms with E-state index in [0.29, 0.717) is 13.1 Å². The van der Waals surface area contributed by atoms with E-state index in [2.05, 4.69) is 4.98 Å². The van der Waals surface area contributed by atoms with E-state index in [1.54, 1.807) is 12.4 Å². The first-order valence-corrected chi connectivity index (χ1v) is 11.1. The van der Waals surface area contributed by atoms with Crippen LogP contribution in [0.4, 0.5) is 0 Å². The summed E-state index contributed by atoms with van der Waals surface area (Å²) in [5, 5.41) is 0. The van der Waals surface area contributed by atoms with Crippen LogP contribution in [0.25, 0.3) is 0 Å². The number of thioether (sulfide) groups is 1. The van der Waals surface area contributed by atoms with Gasteiger partial charge in [0.25, 0.3) is 0 Å². The number of pyridine rings is 1. The summed E-state index contributed by atoms with van der Waals surface area (Å²) in [5.41, 5.74) is 0.346. The molecular weight excluding hydrogens is 374 g/mol. The molecule has 5 heterocycles. The summed E-state index contributed by atoms with van der Waals surface area (Å²) in [6.07, 6.45) is 9.29. The lowest BCUT2D eigenvalue weighted by Crippen LogP contribution is -2.48. The molecule has 3 saturated heterocycles. The number of likely N-dealkylation sites (tertiary alicyclic amines) is 1. The van der Waals surface area contributed by atoms with E-state index >= 15 is 0 Å². The molecule has 0 saturated carbocycles. The van der Waals surface area contributed by atoms with Crippen LogP contribution in [-0.2, 0) is 20.9 Å². The fourth-order valence-electron chi connectivity index (χ4n) is 5.19. The zero-order valence-corrected chi connectivity index (χ0v) is 16.8. The molecule has 6 nitrogen and oxygen atoms in total. The molecule has 5 rings (SSSR count). The third-order valence-electron chi connectivity index (χ3n) is 6.65. The van der Waals surface area contributed by atoms with Crippen molar-refractivity contribution in [3.05, 3.63) is 42.2 Å². The summed E-state index contributed by atoms with van der Waals surface area (Å²) < 4.78 is 6.25. The van der Waals surface area contributed by atoms with Gasteiger partial charge in [-0.15, -0.1) is 0 Å². The highest BCUT2D eigenvalue weighted by molar-refractivity contribution is 7.99. The molecule has 0 aromatic carbocycles. The van der Waals surface area contributed by atoms with Crippen LogP contribution >= 0.6 is 11.8 Å². The molecule has 1 aromatic rings. The predicted octanol–water partition coefficient (Wildman–Crippen LogP) is 1.72. The van der Waals surface area contributed by atoms with Gasteiger partial charge in [-0.3, -0.25) is 14.6 Å². The second-order valence-corrected chi connectivity index (χ2v) is 9.47. The van der Waals surface area contributed by atoms with Crippen molar-refractivity contribution < 1.29 is 14.3 Å². The minimum Gasteiger partial charge on any atom is -0.360 e. The SMILES string of the molecule is CN(C(=O)C1C2C(=O)N(Cc3cccnc3)C[C@]23C=C[C@H]1O3)C1CCSCC1. The van der Waals surface area contributed by atoms with E-state index < -0.39 is 17.4 Å². The Labute approximate surface area is 169 Å². The molecule has 2 bridgehead atoms. The Bertz CT molecular complexity index is 810. The van der Waals surface area contributed by atoms with Crippen molar-refractivity contribution in [3.8, 4) is 0 Å². The maximum absolute atomic E-state index is 13.4. The first-order valence-electron chi connectivity index (χ1n) is 9.98. The minimum absolute atomic E-state index is 0.0293. The molecule has 0 radical (unpaired) electrons. The van der Waals surface area contributed by atoms with Crippen molar-refractivity contribution >= 4 is 23.6 Å². The van der Waals surface area contributed by atoms with Crippen molar-refractivity contribution in [1.29, 1.82) is 0 Å². The molecule has 3 fully saturated rings. The van der Waals surface area contributed by atoms with Gasteiger partial charge in [-0.2, -0.15) is 11.8 Å². The highest BCUT2D eigenvalue weighted by Gasteiger charge is 2.67. The van der Waals surface area contributed by atoms with E-state index in [9.17, 15) is 9.59 Å². The fraction of sp³-hybridized carbons (Fsp3) is 0.571. The summed E-state index contributed by atoms with van der Waals surface area (Å²) in [7, 11) is 1.90. The van der Waals surface area contributed by atoms with Gasteiger partial charge in [-0.25, -0.2) is 0 Å². The van der Waals surface area contributed by atoms with Crippen molar-refractivity contribution in [1.82, 2.24) is 14.8 Å². The first-order chi connectivity index (χ1) is 13.6. The van der Waals surface area contributed by atoms with E-state index in [1.165, 1.54) is 0 Å². The third kappa shape index (κ3) is 2.78. The summed E-state index contributed by atoms with van der Waals surface area (Å²) >= 11 is 1.95. The molecule has 4 atom stereocenters. The number of carbonyl (C=O) groups excluding carboxylic acids is 2. The highest BCUT2D eigenvalue weighted by atomic mass is 32.2. The quantitative estimate of drug-likeness (QED) is 0.722. The van der Waals surface area contributed by atoms with Gasteiger partial charge in [-0.05, 0) is 36.0 Å². The lowest BCUT2D eigenvalue weighted by molar-refractivity contribution is -0.144. The Hall–Kier alpha value is -1.86. The number of carbonyl (C=O) groups is 2. The van der Waals surface area contributed by atoms with Crippen LogP contribution < -0.4 is 0 Å². The molecule has 0 N–H and O–H groups in total. The number of amides is 2. The fourth-order valence-corrected chi connectivity index (χ4v) is 6.28. The van der Waals surface area contributed by atoms with E-state index in [4.69, 9.17) is 4.74 Å². The Morgan fingerprint density at radius 2 is 2.25 bits per heavy atom. The number of hydrogen-bond acceptors (Lipinski definition) is 5. The summed E-state index contributed by atoms with van der Waals surface area (Å²) in [6.45, 7) is 1.01. The molecule has 4 aliphatic rings. The van der Waals surface area contributed by atoms with Crippen LogP contribution in [0.3, 0.4) is 0 Å². The van der Waals surface area contributed by atoms with Crippen LogP contribution in [0.5, 0.6) is 0 Å². The average Bonchev–Trinajstić information content (AvgIpc) is 3.37. The van der Waals surface area contributed by atoms with Gasteiger partial charge in [0.1, 0.15) is 5.60 Å². The summed E-state index contributed by atoms with van der Waals surface area (Å²) in [4.78, 5) is 34.6. The zero-order chi connectivity index (χ0) is 19.3. The minimum atomic E-state index is -0.645. The topological polar surface area (TPSA) is 62.7 Å². The number of aromatic nitrogens is 1. The number of hydrogen-bond donors (Lipinski definition) is 0. The molecule has 7 heteroatoms. The van der Waals surface area contributed by atoms with Crippen LogP contribution in [0.1, 0.15) is 18.4 Å². The van der Waals surface area contributed by atoms with Crippen molar-refractivity contribution in [2.24, 2.45) is 11.8 Å². The normalized spacial score (nSPS) is 34.1. The molecule has 2 amide bonds. The van der Waals surface area contributed by atoms with Gasteiger partial charge in [0, 0.05) is 32.0 Å². The van der Waals surface area contributed by atoms with E-state index in [0.717, 1.165) is 29.9 Å². The van der Waals surface area contributed by atoms with Crippen molar-refractivity contribution in [3.63, 3.8) is 0 Å². The lowest BCUT2D eigenvalue weighted by Gasteiger charge is -2.35. The molecule has 148 valence electrons. The van der Waals surface area contributed by atoms with Crippen LogP contribution in [-0.4, -0.2) is 69.4 Å². The van der Waals surface area contributed by atoms with Gasteiger partial charge in [0.15, 0.2) is 0 Å². The van der Waals surface area contributed by atoms with Gasteiger partial charge < -0.3 is 14.5 Å². The van der Waals surface area contributed by atoms with Crippen LogP contribution in [0.15, 0.2) is 36.7 Å². The maximum atomic E-state index is 13.4. The number of fused-ring (bicyclic) bond motifs is 1. The van der Waals surface area contributed by atoms with Gasteiger partial charge in [0.2, 0.25) is 11.8 Å². The second-order valence-electron chi connectivity index (χ2n) is 8.25. The van der Waals surface area contributed by atoms with Crippen LogP contribution in [0, 0.1) is 11.8 Å². The van der Waals surface area contributed by atoms with E-state index in [-0.39, 0.29) is 24.0 Å². The predicted molar refractivity (Wildman–Crippen MR) is 106 cm³/mol. The maximum Gasteiger partial charge on any atom is 0.230 e. The molecule has 0 aliphatic carbocycles. The Morgan fingerprint density at radius 1 is 1.43 bits per heavy atom. The number of rotatable bonds is 4. The Balaban J connectivity index is 1.37. The third-order valence-corrected chi connectivity index (χ3v) is 7.70. The van der Waals surface area contributed by atoms with Crippen LogP contribution in [0.2, 0.25) is 0 Å². The second kappa shape index (κ2) is 6.88. The number of nitrogens with zero attached hydrogens (tertiary/aromatic N) is 3. The molecule has 28 heavy (non-hydrogen) atoms. The smallest absolute Gasteiger partial charge is 0.230 e. The lowest BCUT2D eigenvalue weighted by atomic mass is 9.76. The van der Waals surface area contributed by atoms with Gasteiger partial charge >= 0.3 is 0 Å². The van der Waals surface area contributed by atoms with Crippen molar-refractivity contribution in [2.75, 3.05) is 25.1 Å². The molecule has 4 aliphatic heterocycles. The van der Waals surface area contributed by atoms with Crippen molar-refractivity contribution in [2.45, 2.75) is 37.1 Å². The Kier molecular flexibility index (Phi) is 4.47. The zero-order valence-electron chi connectivity index (χ0n) is 16.0. The van der Waals surface area contributed by atoms with E-state index in [1.807, 2.05) is 52.9 Å². The molecule has 2 unspecified atom stereocenters. The standard InChI is InChI=1S/C21H25N3O3S/c1-23(15-5-9-28-10-6-15)19(25)17-16-4-7-21(27-16)13-24(20(26)18(17)21)12-14-3-2-8-22-11-14/h2-4,7-8,11,15-18H,5-6,9-10,12-13H2,1H3/t16-,17?,18?,21-/m1/s1. The molecule has 1 spiro atoms.